The smallest absolute Gasteiger partial charge is 0.0575 e. The van der Waals surface area contributed by atoms with Crippen molar-refractivity contribution < 1.29 is 4.84 Å². The third-order valence-corrected chi connectivity index (χ3v) is 2.28. The Morgan fingerprint density at radius 2 is 2.18 bits per heavy atom. The number of rotatable bonds is 4. The first kappa shape index (κ1) is 8.75. The molecule has 1 fully saturated rings. The summed E-state index contributed by atoms with van der Waals surface area (Å²) in [6, 6.07) is 0.637. The fourth-order valence-electron chi connectivity index (χ4n) is 1.69. The second-order valence-corrected chi connectivity index (χ2v) is 3.01. The number of hydroxylamine groups is 2. The van der Waals surface area contributed by atoms with Crippen LogP contribution in [0.5, 0.6) is 0 Å². The van der Waals surface area contributed by atoms with Crippen LogP contribution in [0.1, 0.15) is 25.7 Å². The molecular formula is C9H17NO. The van der Waals surface area contributed by atoms with Crippen LogP contribution in [0, 0.1) is 0 Å². The number of hydrogen-bond acceptors (Lipinski definition) is 2. The minimum Gasteiger partial charge on any atom is -0.302 e. The van der Waals surface area contributed by atoms with Crippen LogP contribution in [0.4, 0.5) is 0 Å². The van der Waals surface area contributed by atoms with Crippen LogP contribution in [-0.2, 0) is 4.84 Å². The highest BCUT2D eigenvalue weighted by Gasteiger charge is 2.21. The van der Waals surface area contributed by atoms with Crippen molar-refractivity contribution in [1.29, 1.82) is 0 Å². The van der Waals surface area contributed by atoms with Crippen molar-refractivity contribution in [2.45, 2.75) is 31.7 Å². The standard InChI is InChI=1S/C9H17NO/c1-3-8-10(11-2)9-6-4-5-7-9/h3,9H,1,4-8H2,2H3. The molecule has 2 heteroatoms. The number of nitrogens with zero attached hydrogens (tertiary/aromatic N) is 1. The molecule has 0 spiro atoms. The molecule has 1 rings (SSSR count). The van der Waals surface area contributed by atoms with Gasteiger partial charge in [-0.05, 0) is 12.8 Å². The van der Waals surface area contributed by atoms with Gasteiger partial charge in [0.15, 0.2) is 0 Å². The van der Waals surface area contributed by atoms with Crippen LogP contribution >= 0.6 is 0 Å². The lowest BCUT2D eigenvalue weighted by Gasteiger charge is -2.24. The van der Waals surface area contributed by atoms with Gasteiger partial charge in [-0.3, -0.25) is 0 Å². The van der Waals surface area contributed by atoms with Crippen molar-refractivity contribution >= 4 is 0 Å². The summed E-state index contributed by atoms with van der Waals surface area (Å²) in [5.41, 5.74) is 0. The van der Waals surface area contributed by atoms with Crippen LogP contribution in [0.2, 0.25) is 0 Å². The van der Waals surface area contributed by atoms with Crippen LogP contribution in [0.25, 0.3) is 0 Å². The van der Waals surface area contributed by atoms with Gasteiger partial charge in [-0.2, -0.15) is 5.06 Å². The van der Waals surface area contributed by atoms with Gasteiger partial charge in [0, 0.05) is 12.6 Å². The van der Waals surface area contributed by atoms with E-state index in [2.05, 4.69) is 6.58 Å². The first-order valence-electron chi connectivity index (χ1n) is 4.30. The van der Waals surface area contributed by atoms with Gasteiger partial charge in [0.25, 0.3) is 0 Å². The maximum Gasteiger partial charge on any atom is 0.0575 e. The van der Waals surface area contributed by atoms with Crippen molar-refractivity contribution in [2.24, 2.45) is 0 Å². The summed E-state index contributed by atoms with van der Waals surface area (Å²) >= 11 is 0. The van der Waals surface area contributed by atoms with Crippen molar-refractivity contribution in [3.8, 4) is 0 Å². The average Bonchev–Trinajstić information content (AvgIpc) is 2.52. The topological polar surface area (TPSA) is 12.5 Å². The predicted molar refractivity (Wildman–Crippen MR) is 46.2 cm³/mol. The lowest BCUT2D eigenvalue weighted by atomic mass is 10.2. The molecule has 1 aliphatic carbocycles. The molecule has 0 amide bonds. The first-order valence-corrected chi connectivity index (χ1v) is 4.30. The van der Waals surface area contributed by atoms with Crippen LogP contribution in [0.15, 0.2) is 12.7 Å². The zero-order valence-corrected chi connectivity index (χ0v) is 7.25. The van der Waals surface area contributed by atoms with Crippen molar-refractivity contribution in [1.82, 2.24) is 5.06 Å². The van der Waals surface area contributed by atoms with Crippen LogP contribution in [-0.4, -0.2) is 24.8 Å². The second-order valence-electron chi connectivity index (χ2n) is 3.01. The Morgan fingerprint density at radius 1 is 1.55 bits per heavy atom. The summed E-state index contributed by atoms with van der Waals surface area (Å²) in [6.45, 7) is 4.55. The molecule has 0 saturated heterocycles. The van der Waals surface area contributed by atoms with E-state index in [0.717, 1.165) is 6.54 Å². The molecule has 0 aliphatic heterocycles. The van der Waals surface area contributed by atoms with Crippen LogP contribution < -0.4 is 0 Å². The lowest BCUT2D eigenvalue weighted by Crippen LogP contribution is -2.32. The van der Waals surface area contributed by atoms with Gasteiger partial charge in [-0.25, -0.2) is 0 Å². The minimum absolute atomic E-state index is 0.637. The summed E-state index contributed by atoms with van der Waals surface area (Å²) in [5.74, 6) is 0. The van der Waals surface area contributed by atoms with E-state index < -0.39 is 0 Å². The summed E-state index contributed by atoms with van der Waals surface area (Å²) in [5, 5.41) is 2.03. The zero-order chi connectivity index (χ0) is 8.10. The molecule has 0 atom stereocenters. The Morgan fingerprint density at radius 3 is 2.64 bits per heavy atom. The van der Waals surface area contributed by atoms with Gasteiger partial charge in [0.1, 0.15) is 0 Å². The van der Waals surface area contributed by atoms with Gasteiger partial charge in [0.2, 0.25) is 0 Å². The molecule has 11 heavy (non-hydrogen) atoms. The SMILES string of the molecule is C=CCN(OC)C1CCCC1. The van der Waals surface area contributed by atoms with E-state index in [4.69, 9.17) is 4.84 Å². The molecule has 0 bridgehead atoms. The summed E-state index contributed by atoms with van der Waals surface area (Å²) in [6.07, 6.45) is 7.15. The molecule has 0 aromatic carbocycles. The molecular weight excluding hydrogens is 138 g/mol. The minimum atomic E-state index is 0.637. The Balaban J connectivity index is 2.33. The summed E-state index contributed by atoms with van der Waals surface area (Å²) in [4.78, 5) is 5.24. The maximum atomic E-state index is 5.24. The van der Waals surface area contributed by atoms with E-state index >= 15 is 0 Å². The van der Waals surface area contributed by atoms with Crippen LogP contribution in [0.3, 0.4) is 0 Å². The number of hydrogen-bond donors (Lipinski definition) is 0. The molecule has 0 N–H and O–H groups in total. The molecule has 0 radical (unpaired) electrons. The van der Waals surface area contributed by atoms with E-state index in [1.807, 2.05) is 11.1 Å². The van der Waals surface area contributed by atoms with Gasteiger partial charge in [-0.15, -0.1) is 6.58 Å². The Labute approximate surface area is 68.8 Å². The maximum absolute atomic E-state index is 5.24. The Hall–Kier alpha value is -0.340. The highest BCUT2D eigenvalue weighted by atomic mass is 16.7. The highest BCUT2D eigenvalue weighted by Crippen LogP contribution is 2.22. The third-order valence-electron chi connectivity index (χ3n) is 2.28. The molecule has 64 valence electrons. The van der Waals surface area contributed by atoms with E-state index in [-0.39, 0.29) is 0 Å². The Kier molecular flexibility index (Phi) is 3.60. The monoisotopic (exact) mass is 155 g/mol. The van der Waals surface area contributed by atoms with E-state index in [1.54, 1.807) is 7.11 Å². The largest absolute Gasteiger partial charge is 0.302 e. The predicted octanol–water partition coefficient (Wildman–Crippen LogP) is 1.98. The fourth-order valence-corrected chi connectivity index (χ4v) is 1.69. The molecule has 0 unspecified atom stereocenters. The van der Waals surface area contributed by atoms with Crippen molar-refractivity contribution in [3.63, 3.8) is 0 Å². The Bertz CT molecular complexity index is 119. The van der Waals surface area contributed by atoms with E-state index in [1.165, 1.54) is 25.7 Å². The zero-order valence-electron chi connectivity index (χ0n) is 7.25. The normalized spacial score (nSPS) is 19.5. The average molecular weight is 155 g/mol. The van der Waals surface area contributed by atoms with Gasteiger partial charge in [-0.1, -0.05) is 18.9 Å². The fraction of sp³-hybridized carbons (Fsp3) is 0.778. The van der Waals surface area contributed by atoms with Gasteiger partial charge < -0.3 is 4.84 Å². The molecule has 0 aromatic heterocycles. The lowest BCUT2D eigenvalue weighted by molar-refractivity contribution is -0.151. The second kappa shape index (κ2) is 4.52. The quantitative estimate of drug-likeness (QED) is 0.454. The molecule has 1 aliphatic rings. The molecule has 1 saturated carbocycles. The molecule has 2 nitrogen and oxygen atoms in total. The highest BCUT2D eigenvalue weighted by molar-refractivity contribution is 4.78. The van der Waals surface area contributed by atoms with Gasteiger partial charge >= 0.3 is 0 Å². The van der Waals surface area contributed by atoms with E-state index in [0.29, 0.717) is 6.04 Å². The first-order chi connectivity index (χ1) is 5.38. The van der Waals surface area contributed by atoms with Crippen molar-refractivity contribution in [3.05, 3.63) is 12.7 Å². The molecule has 0 heterocycles. The summed E-state index contributed by atoms with van der Waals surface area (Å²) < 4.78 is 0. The van der Waals surface area contributed by atoms with Gasteiger partial charge in [0.05, 0.1) is 7.11 Å². The summed E-state index contributed by atoms with van der Waals surface area (Å²) in [7, 11) is 1.74. The van der Waals surface area contributed by atoms with Crippen molar-refractivity contribution in [2.75, 3.05) is 13.7 Å². The van der Waals surface area contributed by atoms with E-state index in [9.17, 15) is 0 Å². The third kappa shape index (κ3) is 2.31. The molecule has 0 aromatic rings.